The highest BCUT2D eigenvalue weighted by atomic mass is 16.5. The average Bonchev–Trinajstić information content (AvgIpc) is 2.82. The lowest BCUT2D eigenvalue weighted by molar-refractivity contribution is 0.0697. The first-order valence-corrected chi connectivity index (χ1v) is 6.52. The molecule has 0 fully saturated rings. The second-order valence-corrected chi connectivity index (χ2v) is 4.74. The highest BCUT2D eigenvalue weighted by Gasteiger charge is 2.12. The van der Waals surface area contributed by atoms with Crippen molar-refractivity contribution in [2.75, 3.05) is 0 Å². The Labute approximate surface area is 121 Å². The van der Waals surface area contributed by atoms with E-state index in [1.807, 2.05) is 30.3 Å². The van der Waals surface area contributed by atoms with Gasteiger partial charge >= 0.3 is 5.97 Å². The number of rotatable bonds is 4. The van der Waals surface area contributed by atoms with E-state index in [4.69, 9.17) is 9.84 Å². The molecular formula is C16H14N2O3. The lowest BCUT2D eigenvalue weighted by Gasteiger charge is -2.03. The number of carbonyl (C=O) groups is 1. The van der Waals surface area contributed by atoms with Crippen LogP contribution in [0.4, 0.5) is 0 Å². The smallest absolute Gasteiger partial charge is 0.335 e. The van der Waals surface area contributed by atoms with E-state index in [1.165, 1.54) is 0 Å². The summed E-state index contributed by atoms with van der Waals surface area (Å²) in [4.78, 5) is 11.0. The summed E-state index contributed by atoms with van der Waals surface area (Å²) in [6.45, 7) is 0.424. The molecule has 3 aromatic rings. The van der Waals surface area contributed by atoms with Gasteiger partial charge in [0.2, 0.25) is 5.88 Å². The van der Waals surface area contributed by atoms with E-state index in [0.717, 1.165) is 16.5 Å². The van der Waals surface area contributed by atoms with Crippen molar-refractivity contribution >= 4 is 16.9 Å². The molecule has 0 aliphatic rings. The van der Waals surface area contributed by atoms with Gasteiger partial charge in [-0.25, -0.2) is 4.79 Å². The summed E-state index contributed by atoms with van der Waals surface area (Å²) in [5.74, 6) is -0.446. The van der Waals surface area contributed by atoms with Crippen molar-refractivity contribution in [3.8, 4) is 5.88 Å². The first kappa shape index (κ1) is 13.2. The van der Waals surface area contributed by atoms with Crippen molar-refractivity contribution in [1.82, 2.24) is 9.78 Å². The van der Waals surface area contributed by atoms with E-state index >= 15 is 0 Å². The second kappa shape index (κ2) is 5.28. The fourth-order valence-corrected chi connectivity index (χ4v) is 2.19. The Morgan fingerprint density at radius 1 is 1.24 bits per heavy atom. The number of carboxylic acids is 1. The standard InChI is InChI=1S/C16H14N2O3/c1-18-14-9-12(16(19)20)7-8-13(14)15(17-18)21-10-11-5-3-2-4-6-11/h2-9H,10H2,1H3,(H,19,20). The molecule has 21 heavy (non-hydrogen) atoms. The van der Waals surface area contributed by atoms with Crippen molar-refractivity contribution in [3.63, 3.8) is 0 Å². The second-order valence-electron chi connectivity index (χ2n) is 4.74. The number of aromatic carboxylic acids is 1. The molecule has 1 aromatic heterocycles. The quantitative estimate of drug-likeness (QED) is 0.799. The molecular weight excluding hydrogens is 268 g/mol. The van der Waals surface area contributed by atoms with Crippen LogP contribution in [0.15, 0.2) is 48.5 Å². The third-order valence-electron chi connectivity index (χ3n) is 3.28. The van der Waals surface area contributed by atoms with Crippen LogP contribution in [0.1, 0.15) is 15.9 Å². The summed E-state index contributed by atoms with van der Waals surface area (Å²) in [5, 5.41) is 14.1. The molecule has 106 valence electrons. The minimum absolute atomic E-state index is 0.236. The van der Waals surface area contributed by atoms with Crippen molar-refractivity contribution in [2.24, 2.45) is 7.05 Å². The summed E-state index contributed by atoms with van der Waals surface area (Å²) in [5.41, 5.74) is 2.02. The number of fused-ring (bicyclic) bond motifs is 1. The Morgan fingerprint density at radius 2 is 2.00 bits per heavy atom. The number of aryl methyl sites for hydroxylation is 1. The maximum atomic E-state index is 11.0. The highest BCUT2D eigenvalue weighted by Crippen LogP contribution is 2.26. The first-order valence-electron chi connectivity index (χ1n) is 6.52. The predicted molar refractivity (Wildman–Crippen MR) is 78.4 cm³/mol. The molecule has 0 unspecified atom stereocenters. The van der Waals surface area contributed by atoms with Gasteiger partial charge in [-0.05, 0) is 23.8 Å². The molecule has 2 aromatic carbocycles. The van der Waals surface area contributed by atoms with Crippen LogP contribution < -0.4 is 4.74 Å². The minimum Gasteiger partial charge on any atom is -0.478 e. The van der Waals surface area contributed by atoms with Crippen LogP contribution in [0.3, 0.4) is 0 Å². The van der Waals surface area contributed by atoms with E-state index in [-0.39, 0.29) is 5.56 Å². The normalized spacial score (nSPS) is 10.7. The van der Waals surface area contributed by atoms with E-state index in [2.05, 4.69) is 5.10 Å². The first-order chi connectivity index (χ1) is 10.1. The maximum Gasteiger partial charge on any atom is 0.335 e. The van der Waals surface area contributed by atoms with Gasteiger partial charge in [0, 0.05) is 7.05 Å². The number of ether oxygens (including phenoxy) is 1. The highest BCUT2D eigenvalue weighted by molar-refractivity contribution is 5.94. The van der Waals surface area contributed by atoms with Crippen LogP contribution >= 0.6 is 0 Å². The third kappa shape index (κ3) is 2.58. The third-order valence-corrected chi connectivity index (χ3v) is 3.28. The molecule has 0 radical (unpaired) electrons. The van der Waals surface area contributed by atoms with E-state index in [1.54, 1.807) is 29.9 Å². The van der Waals surface area contributed by atoms with E-state index in [9.17, 15) is 4.79 Å². The van der Waals surface area contributed by atoms with Gasteiger partial charge in [0.15, 0.2) is 0 Å². The molecule has 0 saturated heterocycles. The Kier molecular flexibility index (Phi) is 3.31. The van der Waals surface area contributed by atoms with Gasteiger partial charge in [-0.3, -0.25) is 4.68 Å². The van der Waals surface area contributed by atoms with Gasteiger partial charge in [0.05, 0.1) is 16.5 Å². The van der Waals surface area contributed by atoms with Gasteiger partial charge in [0.1, 0.15) is 6.61 Å². The summed E-state index contributed by atoms with van der Waals surface area (Å²) < 4.78 is 7.37. The van der Waals surface area contributed by atoms with Gasteiger partial charge in [0.25, 0.3) is 0 Å². The zero-order valence-corrected chi connectivity index (χ0v) is 11.5. The van der Waals surface area contributed by atoms with Crippen molar-refractivity contribution < 1.29 is 14.6 Å². The zero-order valence-electron chi connectivity index (χ0n) is 11.5. The number of aromatic nitrogens is 2. The molecule has 1 heterocycles. The van der Waals surface area contributed by atoms with E-state index in [0.29, 0.717) is 12.5 Å². The van der Waals surface area contributed by atoms with Gasteiger partial charge < -0.3 is 9.84 Å². The number of hydrogen-bond donors (Lipinski definition) is 1. The van der Waals surface area contributed by atoms with Crippen LogP contribution in [-0.4, -0.2) is 20.9 Å². The molecule has 1 N–H and O–H groups in total. The Balaban J connectivity index is 1.91. The number of benzene rings is 2. The molecule has 0 saturated carbocycles. The lowest BCUT2D eigenvalue weighted by Crippen LogP contribution is -1.97. The summed E-state index contributed by atoms with van der Waals surface area (Å²) in [7, 11) is 1.77. The van der Waals surface area contributed by atoms with Crippen LogP contribution in [0.25, 0.3) is 10.9 Å². The summed E-state index contributed by atoms with van der Waals surface area (Å²) in [6, 6.07) is 14.7. The van der Waals surface area contributed by atoms with Crippen LogP contribution in [0.2, 0.25) is 0 Å². The lowest BCUT2D eigenvalue weighted by atomic mass is 10.1. The molecule has 0 aliphatic carbocycles. The molecule has 0 amide bonds. The number of hydrogen-bond acceptors (Lipinski definition) is 3. The summed E-state index contributed by atoms with van der Waals surface area (Å²) in [6.07, 6.45) is 0. The predicted octanol–water partition coefficient (Wildman–Crippen LogP) is 2.85. The SMILES string of the molecule is Cn1nc(OCc2ccccc2)c2ccc(C(=O)O)cc21. The van der Waals surface area contributed by atoms with Gasteiger partial charge in [-0.15, -0.1) is 5.10 Å². The van der Waals surface area contributed by atoms with Crippen LogP contribution in [0.5, 0.6) is 5.88 Å². The maximum absolute atomic E-state index is 11.0. The van der Waals surface area contributed by atoms with Crippen LogP contribution in [-0.2, 0) is 13.7 Å². The largest absolute Gasteiger partial charge is 0.478 e. The monoisotopic (exact) mass is 282 g/mol. The molecule has 0 spiro atoms. The number of nitrogens with zero attached hydrogens (tertiary/aromatic N) is 2. The van der Waals surface area contributed by atoms with Crippen molar-refractivity contribution in [2.45, 2.75) is 6.61 Å². The summed E-state index contributed by atoms with van der Waals surface area (Å²) >= 11 is 0. The van der Waals surface area contributed by atoms with Gasteiger partial charge in [-0.1, -0.05) is 30.3 Å². The number of carboxylic acid groups (broad SMARTS) is 1. The van der Waals surface area contributed by atoms with Gasteiger partial charge in [-0.2, -0.15) is 0 Å². The Morgan fingerprint density at radius 3 is 2.71 bits per heavy atom. The van der Waals surface area contributed by atoms with Crippen LogP contribution in [0, 0.1) is 0 Å². The molecule has 0 atom stereocenters. The van der Waals surface area contributed by atoms with E-state index < -0.39 is 5.97 Å². The average molecular weight is 282 g/mol. The topological polar surface area (TPSA) is 64.4 Å². The molecule has 3 rings (SSSR count). The fraction of sp³-hybridized carbons (Fsp3) is 0.125. The molecule has 0 bridgehead atoms. The molecule has 5 heteroatoms. The molecule has 5 nitrogen and oxygen atoms in total. The van der Waals surface area contributed by atoms with Crippen molar-refractivity contribution in [1.29, 1.82) is 0 Å². The Bertz CT molecular complexity index is 794. The molecule has 0 aliphatic heterocycles. The zero-order chi connectivity index (χ0) is 14.8. The fourth-order valence-electron chi connectivity index (χ4n) is 2.19. The minimum atomic E-state index is -0.954. The van der Waals surface area contributed by atoms with Crippen molar-refractivity contribution in [3.05, 3.63) is 59.7 Å². The Hall–Kier alpha value is -2.82.